The largest absolute Gasteiger partial charge is 0.294 e. The number of hydrogen-bond donors (Lipinski definition) is 0. The van der Waals surface area contributed by atoms with Gasteiger partial charge in [0.2, 0.25) is 0 Å². The van der Waals surface area contributed by atoms with Gasteiger partial charge < -0.3 is 0 Å². The monoisotopic (exact) mass is 342 g/mol. The summed E-state index contributed by atoms with van der Waals surface area (Å²) in [7, 11) is 0. The Morgan fingerprint density at radius 1 is 1.06 bits per heavy atom. The van der Waals surface area contributed by atoms with E-state index < -0.39 is 0 Å². The van der Waals surface area contributed by atoms with E-state index in [0.29, 0.717) is 22.0 Å². The van der Waals surface area contributed by atoms with Crippen molar-refractivity contribution in [2.45, 2.75) is 6.42 Å². The van der Waals surface area contributed by atoms with Gasteiger partial charge in [-0.05, 0) is 35.9 Å². The molecule has 0 fully saturated rings. The summed E-state index contributed by atoms with van der Waals surface area (Å²) in [6, 6.07) is 12.5. The third kappa shape index (κ3) is 3.35. The Morgan fingerprint density at radius 3 is 2.39 bits per heavy atom. The van der Waals surface area contributed by atoms with Gasteiger partial charge in [-0.1, -0.05) is 51.3 Å². The Hall–Kier alpha value is -0.830. The highest BCUT2D eigenvalue weighted by atomic mass is 79.9. The molecule has 0 saturated carbocycles. The molecule has 2 rings (SSSR count). The highest BCUT2D eigenvalue weighted by Gasteiger charge is 2.11. The standard InChI is InChI=1S/C14H9BrCl2O/c15-10-3-1-9(2-4-10)7-14(18)12-8-11(16)5-6-13(12)17/h1-6,8H,7H2. The van der Waals surface area contributed by atoms with Crippen molar-refractivity contribution in [2.24, 2.45) is 0 Å². The predicted molar refractivity (Wildman–Crippen MR) is 78.6 cm³/mol. The van der Waals surface area contributed by atoms with E-state index in [1.165, 1.54) is 0 Å². The summed E-state index contributed by atoms with van der Waals surface area (Å²) in [5, 5.41) is 0.945. The Morgan fingerprint density at radius 2 is 1.72 bits per heavy atom. The fraction of sp³-hybridized carbons (Fsp3) is 0.0714. The molecule has 92 valence electrons. The molecule has 0 saturated heterocycles. The first-order valence-electron chi connectivity index (χ1n) is 5.29. The van der Waals surface area contributed by atoms with E-state index in [4.69, 9.17) is 23.2 Å². The molecule has 0 N–H and O–H groups in total. The highest BCUT2D eigenvalue weighted by Crippen LogP contribution is 2.22. The summed E-state index contributed by atoms with van der Waals surface area (Å²) in [6.45, 7) is 0. The van der Waals surface area contributed by atoms with Crippen LogP contribution < -0.4 is 0 Å². The van der Waals surface area contributed by atoms with Gasteiger partial charge in [-0.3, -0.25) is 4.79 Å². The summed E-state index contributed by atoms with van der Waals surface area (Å²) in [5.41, 5.74) is 1.41. The van der Waals surface area contributed by atoms with E-state index in [0.717, 1.165) is 10.0 Å². The minimum atomic E-state index is -0.0372. The zero-order valence-electron chi connectivity index (χ0n) is 9.29. The van der Waals surface area contributed by atoms with Gasteiger partial charge in [0.15, 0.2) is 5.78 Å². The molecule has 0 atom stereocenters. The summed E-state index contributed by atoms with van der Waals surface area (Å²) in [4.78, 5) is 12.1. The maximum Gasteiger partial charge on any atom is 0.168 e. The van der Waals surface area contributed by atoms with Crippen molar-refractivity contribution < 1.29 is 4.79 Å². The van der Waals surface area contributed by atoms with Crippen LogP contribution in [0.4, 0.5) is 0 Å². The molecule has 0 aromatic heterocycles. The molecule has 4 heteroatoms. The number of ketones is 1. The van der Waals surface area contributed by atoms with Crippen LogP contribution in [0.2, 0.25) is 10.0 Å². The van der Waals surface area contributed by atoms with Crippen molar-refractivity contribution in [1.82, 2.24) is 0 Å². The van der Waals surface area contributed by atoms with E-state index in [-0.39, 0.29) is 5.78 Å². The lowest BCUT2D eigenvalue weighted by Crippen LogP contribution is -2.04. The molecule has 0 heterocycles. The van der Waals surface area contributed by atoms with Crippen LogP contribution in [-0.2, 0) is 6.42 Å². The van der Waals surface area contributed by atoms with Gasteiger partial charge in [0.05, 0.1) is 5.02 Å². The lowest BCUT2D eigenvalue weighted by molar-refractivity contribution is 0.0993. The third-order valence-corrected chi connectivity index (χ3v) is 3.60. The van der Waals surface area contributed by atoms with Gasteiger partial charge in [0, 0.05) is 21.5 Å². The number of hydrogen-bond acceptors (Lipinski definition) is 1. The first kappa shape index (κ1) is 13.6. The molecule has 1 nitrogen and oxygen atoms in total. The molecular formula is C14H9BrCl2O. The fourth-order valence-electron chi connectivity index (χ4n) is 1.59. The summed E-state index contributed by atoms with van der Waals surface area (Å²) in [5.74, 6) is -0.0372. The van der Waals surface area contributed by atoms with E-state index in [2.05, 4.69) is 15.9 Å². The van der Waals surface area contributed by atoms with Crippen LogP contribution in [0.1, 0.15) is 15.9 Å². The van der Waals surface area contributed by atoms with Crippen molar-refractivity contribution >= 4 is 44.9 Å². The van der Waals surface area contributed by atoms with Crippen LogP contribution in [-0.4, -0.2) is 5.78 Å². The molecule has 0 aliphatic rings. The van der Waals surface area contributed by atoms with Crippen LogP contribution in [0.3, 0.4) is 0 Å². The van der Waals surface area contributed by atoms with Crippen molar-refractivity contribution in [3.63, 3.8) is 0 Å². The minimum absolute atomic E-state index is 0.0372. The molecule has 0 aliphatic heterocycles. The number of rotatable bonds is 3. The lowest BCUT2D eigenvalue weighted by atomic mass is 10.0. The second kappa shape index (κ2) is 5.87. The normalized spacial score (nSPS) is 10.4. The summed E-state index contributed by atoms with van der Waals surface area (Å²) in [6.07, 6.45) is 0.313. The van der Waals surface area contributed by atoms with Crippen molar-refractivity contribution in [3.8, 4) is 0 Å². The first-order valence-corrected chi connectivity index (χ1v) is 6.84. The van der Waals surface area contributed by atoms with Crippen LogP contribution in [0.25, 0.3) is 0 Å². The number of benzene rings is 2. The quantitative estimate of drug-likeness (QED) is 0.701. The van der Waals surface area contributed by atoms with Crippen LogP contribution in [0, 0.1) is 0 Å². The van der Waals surface area contributed by atoms with Gasteiger partial charge in [-0.25, -0.2) is 0 Å². The first-order chi connectivity index (χ1) is 8.56. The Balaban J connectivity index is 2.21. The minimum Gasteiger partial charge on any atom is -0.294 e. The van der Waals surface area contributed by atoms with Crippen molar-refractivity contribution in [3.05, 3.63) is 68.1 Å². The summed E-state index contributed by atoms with van der Waals surface area (Å²) >= 11 is 15.2. The number of carbonyl (C=O) groups excluding carboxylic acids is 1. The van der Waals surface area contributed by atoms with Crippen molar-refractivity contribution in [2.75, 3.05) is 0 Å². The molecular weight excluding hydrogens is 335 g/mol. The number of Topliss-reactive ketones (excluding diaryl/α,β-unsaturated/α-hetero) is 1. The smallest absolute Gasteiger partial charge is 0.168 e. The molecule has 2 aromatic carbocycles. The zero-order valence-corrected chi connectivity index (χ0v) is 12.4. The zero-order chi connectivity index (χ0) is 13.1. The SMILES string of the molecule is O=C(Cc1ccc(Br)cc1)c1cc(Cl)ccc1Cl. The topological polar surface area (TPSA) is 17.1 Å². The van der Waals surface area contributed by atoms with E-state index in [1.54, 1.807) is 18.2 Å². The fourth-order valence-corrected chi connectivity index (χ4v) is 2.25. The molecule has 18 heavy (non-hydrogen) atoms. The Bertz CT molecular complexity index is 579. The van der Waals surface area contributed by atoms with Crippen LogP contribution in [0.15, 0.2) is 46.9 Å². The molecule has 0 bridgehead atoms. The third-order valence-electron chi connectivity index (χ3n) is 2.51. The average Bonchev–Trinajstić information content (AvgIpc) is 2.35. The molecule has 2 aromatic rings. The Labute approximate surface area is 124 Å². The van der Waals surface area contributed by atoms with Gasteiger partial charge in [-0.2, -0.15) is 0 Å². The average molecular weight is 344 g/mol. The molecule has 0 unspecified atom stereocenters. The van der Waals surface area contributed by atoms with E-state index >= 15 is 0 Å². The molecule has 0 amide bonds. The van der Waals surface area contributed by atoms with Gasteiger partial charge in [-0.15, -0.1) is 0 Å². The van der Waals surface area contributed by atoms with E-state index in [9.17, 15) is 4.79 Å². The van der Waals surface area contributed by atoms with Crippen LogP contribution >= 0.6 is 39.1 Å². The summed E-state index contributed by atoms with van der Waals surface area (Å²) < 4.78 is 0.986. The van der Waals surface area contributed by atoms with Gasteiger partial charge >= 0.3 is 0 Å². The van der Waals surface area contributed by atoms with Gasteiger partial charge in [0.25, 0.3) is 0 Å². The second-order valence-corrected chi connectivity index (χ2v) is 5.61. The molecule has 0 radical (unpaired) electrons. The predicted octanol–water partition coefficient (Wildman–Crippen LogP) is 5.18. The van der Waals surface area contributed by atoms with Gasteiger partial charge in [0.1, 0.15) is 0 Å². The van der Waals surface area contributed by atoms with Crippen molar-refractivity contribution in [1.29, 1.82) is 0 Å². The molecule has 0 spiro atoms. The second-order valence-electron chi connectivity index (χ2n) is 3.85. The maximum atomic E-state index is 12.1. The lowest BCUT2D eigenvalue weighted by Gasteiger charge is -2.04. The maximum absolute atomic E-state index is 12.1. The Kier molecular flexibility index (Phi) is 4.44. The van der Waals surface area contributed by atoms with E-state index in [1.807, 2.05) is 24.3 Å². The molecule has 0 aliphatic carbocycles. The number of carbonyl (C=O) groups is 1. The number of halogens is 3. The van der Waals surface area contributed by atoms with Crippen LogP contribution in [0.5, 0.6) is 0 Å². The highest BCUT2D eigenvalue weighted by molar-refractivity contribution is 9.10.